The van der Waals surface area contributed by atoms with Crippen molar-refractivity contribution in [2.45, 2.75) is 0 Å². The van der Waals surface area contributed by atoms with Crippen LogP contribution in [-0.2, 0) is 7.05 Å². The lowest BCUT2D eigenvalue weighted by Crippen LogP contribution is -1.95. The first kappa shape index (κ1) is 7.03. The van der Waals surface area contributed by atoms with Crippen molar-refractivity contribution < 1.29 is 4.79 Å². The van der Waals surface area contributed by atoms with Crippen molar-refractivity contribution in [1.29, 1.82) is 0 Å². The molecular formula is C9H8N2O. The molecule has 2 rings (SSSR count). The van der Waals surface area contributed by atoms with Crippen LogP contribution in [0.5, 0.6) is 0 Å². The summed E-state index contributed by atoms with van der Waals surface area (Å²) in [5.74, 6) is 0. The Labute approximate surface area is 69.6 Å². The smallest absolute Gasteiger partial charge is 0.168 e. The number of aryl methyl sites for hydroxylation is 1. The maximum atomic E-state index is 10.6. The second-order valence-corrected chi connectivity index (χ2v) is 2.64. The molecule has 0 bridgehead atoms. The monoisotopic (exact) mass is 160 g/mol. The van der Waals surface area contributed by atoms with E-state index in [9.17, 15) is 4.79 Å². The van der Waals surface area contributed by atoms with E-state index in [2.05, 4.69) is 5.10 Å². The number of carbonyl (C=O) groups excluding carboxylic acids is 1. The molecule has 0 aliphatic heterocycles. The third-order valence-corrected chi connectivity index (χ3v) is 1.90. The lowest BCUT2D eigenvalue weighted by atomic mass is 10.2. The van der Waals surface area contributed by atoms with Gasteiger partial charge in [-0.05, 0) is 6.07 Å². The molecule has 0 saturated heterocycles. The van der Waals surface area contributed by atoms with E-state index in [0.717, 1.165) is 17.2 Å². The number of benzene rings is 1. The van der Waals surface area contributed by atoms with Gasteiger partial charge in [-0.15, -0.1) is 0 Å². The minimum absolute atomic E-state index is 0.630. The van der Waals surface area contributed by atoms with Crippen LogP contribution in [0.1, 0.15) is 10.5 Å². The Morgan fingerprint density at radius 2 is 2.17 bits per heavy atom. The molecule has 0 atom stereocenters. The summed E-state index contributed by atoms with van der Waals surface area (Å²) < 4.78 is 1.59. The highest BCUT2D eigenvalue weighted by molar-refractivity contribution is 5.94. The van der Waals surface area contributed by atoms with Crippen LogP contribution in [0.15, 0.2) is 24.3 Å². The lowest BCUT2D eigenvalue weighted by molar-refractivity contribution is 0.111. The zero-order valence-electron chi connectivity index (χ0n) is 6.69. The predicted octanol–water partition coefficient (Wildman–Crippen LogP) is 1.39. The summed E-state index contributed by atoms with van der Waals surface area (Å²) in [6.07, 6.45) is 0.829. The summed E-state index contributed by atoms with van der Waals surface area (Å²) in [6.45, 7) is 0. The fraction of sp³-hybridized carbons (Fsp3) is 0.111. The minimum Gasteiger partial charge on any atom is -0.296 e. The van der Waals surface area contributed by atoms with Gasteiger partial charge in [-0.1, -0.05) is 18.2 Å². The van der Waals surface area contributed by atoms with E-state index in [1.54, 1.807) is 11.7 Å². The standard InChI is InChI=1S/C9H8N2O/c1-11-9(6-12)7-4-2-3-5-8(7)10-11/h2-6H,1H3. The van der Waals surface area contributed by atoms with Crippen LogP contribution < -0.4 is 0 Å². The molecule has 0 radical (unpaired) electrons. The molecule has 2 aromatic rings. The SMILES string of the molecule is Cn1nc2ccccc2c1C=O. The normalized spacial score (nSPS) is 10.4. The molecule has 3 heteroatoms. The summed E-state index contributed by atoms with van der Waals surface area (Å²) in [5.41, 5.74) is 1.49. The van der Waals surface area contributed by atoms with Gasteiger partial charge < -0.3 is 0 Å². The number of rotatable bonds is 1. The molecule has 0 fully saturated rings. The van der Waals surface area contributed by atoms with Crippen LogP contribution in [-0.4, -0.2) is 16.1 Å². The molecule has 3 nitrogen and oxygen atoms in total. The fourth-order valence-electron chi connectivity index (χ4n) is 1.31. The van der Waals surface area contributed by atoms with Crippen molar-refractivity contribution >= 4 is 17.2 Å². The van der Waals surface area contributed by atoms with Crippen molar-refractivity contribution in [3.63, 3.8) is 0 Å². The molecule has 0 N–H and O–H groups in total. The molecular weight excluding hydrogens is 152 g/mol. The highest BCUT2D eigenvalue weighted by Crippen LogP contribution is 2.14. The molecule has 60 valence electrons. The molecule has 0 saturated carbocycles. The van der Waals surface area contributed by atoms with Gasteiger partial charge in [0.15, 0.2) is 6.29 Å². The quantitative estimate of drug-likeness (QED) is 0.591. The molecule has 1 aromatic heterocycles. The maximum absolute atomic E-state index is 10.6. The number of hydrogen-bond acceptors (Lipinski definition) is 2. The van der Waals surface area contributed by atoms with Crippen LogP contribution in [0, 0.1) is 0 Å². The van der Waals surface area contributed by atoms with E-state index in [-0.39, 0.29) is 0 Å². The molecule has 12 heavy (non-hydrogen) atoms. The predicted molar refractivity (Wildman–Crippen MR) is 46.1 cm³/mol. The van der Waals surface area contributed by atoms with E-state index in [1.807, 2.05) is 24.3 Å². The van der Waals surface area contributed by atoms with E-state index in [4.69, 9.17) is 0 Å². The molecule has 0 unspecified atom stereocenters. The van der Waals surface area contributed by atoms with Crippen molar-refractivity contribution in [3.8, 4) is 0 Å². The summed E-state index contributed by atoms with van der Waals surface area (Å²) in [6, 6.07) is 7.59. The van der Waals surface area contributed by atoms with Gasteiger partial charge in [0.1, 0.15) is 5.69 Å². The number of aldehydes is 1. The zero-order chi connectivity index (χ0) is 8.55. The number of aromatic nitrogens is 2. The Kier molecular flexibility index (Phi) is 1.43. The molecule has 0 spiro atoms. The molecule has 0 aliphatic carbocycles. The van der Waals surface area contributed by atoms with Gasteiger partial charge >= 0.3 is 0 Å². The van der Waals surface area contributed by atoms with E-state index >= 15 is 0 Å². The van der Waals surface area contributed by atoms with Crippen LogP contribution >= 0.6 is 0 Å². The topological polar surface area (TPSA) is 34.9 Å². The number of carbonyl (C=O) groups is 1. The Balaban J connectivity index is 2.90. The summed E-state index contributed by atoms with van der Waals surface area (Å²) >= 11 is 0. The van der Waals surface area contributed by atoms with E-state index in [1.165, 1.54) is 0 Å². The summed E-state index contributed by atoms with van der Waals surface area (Å²) in [4.78, 5) is 10.6. The van der Waals surface area contributed by atoms with Gasteiger partial charge in [0, 0.05) is 12.4 Å². The zero-order valence-corrected chi connectivity index (χ0v) is 6.69. The van der Waals surface area contributed by atoms with Crippen LogP contribution in [0.3, 0.4) is 0 Å². The average Bonchev–Trinajstić information content (AvgIpc) is 2.40. The van der Waals surface area contributed by atoms with Crippen molar-refractivity contribution in [2.75, 3.05) is 0 Å². The molecule has 1 heterocycles. The first-order valence-electron chi connectivity index (χ1n) is 3.70. The van der Waals surface area contributed by atoms with Gasteiger partial charge in [0.05, 0.1) is 5.52 Å². The molecule has 0 aliphatic rings. The third-order valence-electron chi connectivity index (χ3n) is 1.90. The first-order chi connectivity index (χ1) is 5.83. The Hall–Kier alpha value is -1.64. The maximum Gasteiger partial charge on any atom is 0.168 e. The Morgan fingerprint density at radius 3 is 2.92 bits per heavy atom. The lowest BCUT2D eigenvalue weighted by Gasteiger charge is -1.88. The molecule has 0 amide bonds. The summed E-state index contributed by atoms with van der Waals surface area (Å²) in [7, 11) is 1.77. The third kappa shape index (κ3) is 0.830. The highest BCUT2D eigenvalue weighted by atomic mass is 16.1. The van der Waals surface area contributed by atoms with Crippen molar-refractivity contribution in [3.05, 3.63) is 30.0 Å². The average molecular weight is 160 g/mol. The van der Waals surface area contributed by atoms with Gasteiger partial charge in [-0.3, -0.25) is 9.48 Å². The largest absolute Gasteiger partial charge is 0.296 e. The van der Waals surface area contributed by atoms with Gasteiger partial charge in [-0.2, -0.15) is 5.10 Å². The summed E-state index contributed by atoms with van der Waals surface area (Å²) in [5, 5.41) is 5.08. The highest BCUT2D eigenvalue weighted by Gasteiger charge is 2.05. The van der Waals surface area contributed by atoms with Crippen LogP contribution in [0.2, 0.25) is 0 Å². The first-order valence-corrected chi connectivity index (χ1v) is 3.70. The minimum atomic E-state index is 0.630. The van der Waals surface area contributed by atoms with Crippen LogP contribution in [0.4, 0.5) is 0 Å². The van der Waals surface area contributed by atoms with Gasteiger partial charge in [-0.25, -0.2) is 0 Å². The number of hydrogen-bond donors (Lipinski definition) is 0. The van der Waals surface area contributed by atoms with E-state index < -0.39 is 0 Å². The van der Waals surface area contributed by atoms with Gasteiger partial charge in [0.2, 0.25) is 0 Å². The Morgan fingerprint density at radius 1 is 1.42 bits per heavy atom. The fourth-order valence-corrected chi connectivity index (χ4v) is 1.31. The molecule has 1 aromatic carbocycles. The second kappa shape index (κ2) is 2.44. The Bertz CT molecular complexity index is 431. The van der Waals surface area contributed by atoms with Crippen LogP contribution in [0.25, 0.3) is 10.9 Å². The van der Waals surface area contributed by atoms with Crippen molar-refractivity contribution in [2.24, 2.45) is 7.05 Å². The number of fused-ring (bicyclic) bond motifs is 1. The van der Waals surface area contributed by atoms with Crippen molar-refractivity contribution in [1.82, 2.24) is 9.78 Å². The second-order valence-electron chi connectivity index (χ2n) is 2.64. The number of nitrogens with zero attached hydrogens (tertiary/aromatic N) is 2. The van der Waals surface area contributed by atoms with E-state index in [0.29, 0.717) is 5.69 Å². The van der Waals surface area contributed by atoms with Gasteiger partial charge in [0.25, 0.3) is 0 Å².